The Morgan fingerprint density at radius 1 is 1.53 bits per heavy atom. The van der Waals surface area contributed by atoms with Gasteiger partial charge < -0.3 is 16.2 Å². The number of hydrogen-bond acceptors (Lipinski definition) is 3. The SMILES string of the molecule is C=CC(=O)Nc1cccc(C[C@H](N)C(=O)O)c1. The van der Waals surface area contributed by atoms with Crippen LogP contribution >= 0.6 is 0 Å². The van der Waals surface area contributed by atoms with Crippen molar-refractivity contribution in [3.63, 3.8) is 0 Å². The van der Waals surface area contributed by atoms with Crippen LogP contribution in [0.2, 0.25) is 0 Å². The van der Waals surface area contributed by atoms with Crippen molar-refractivity contribution in [3.05, 3.63) is 42.5 Å². The summed E-state index contributed by atoms with van der Waals surface area (Å²) in [4.78, 5) is 21.7. The van der Waals surface area contributed by atoms with Crippen LogP contribution in [0, 0.1) is 0 Å². The Balaban J connectivity index is 2.75. The van der Waals surface area contributed by atoms with Gasteiger partial charge >= 0.3 is 5.97 Å². The topological polar surface area (TPSA) is 92.4 Å². The van der Waals surface area contributed by atoms with Gasteiger partial charge in [-0.1, -0.05) is 18.7 Å². The average molecular weight is 234 g/mol. The molecule has 0 heterocycles. The van der Waals surface area contributed by atoms with Gasteiger partial charge in [0.15, 0.2) is 0 Å². The summed E-state index contributed by atoms with van der Waals surface area (Å²) in [5.41, 5.74) is 6.76. The number of benzene rings is 1. The van der Waals surface area contributed by atoms with E-state index < -0.39 is 12.0 Å². The van der Waals surface area contributed by atoms with Gasteiger partial charge in [-0.05, 0) is 30.2 Å². The highest BCUT2D eigenvalue weighted by Crippen LogP contribution is 2.12. The molecule has 0 saturated carbocycles. The first-order chi connectivity index (χ1) is 8.02. The van der Waals surface area contributed by atoms with Crippen LogP contribution in [-0.2, 0) is 16.0 Å². The van der Waals surface area contributed by atoms with Crippen molar-refractivity contribution in [2.75, 3.05) is 5.32 Å². The lowest BCUT2D eigenvalue weighted by atomic mass is 10.1. The van der Waals surface area contributed by atoms with Crippen LogP contribution in [-0.4, -0.2) is 23.0 Å². The summed E-state index contributed by atoms with van der Waals surface area (Å²) in [7, 11) is 0. The van der Waals surface area contributed by atoms with Gasteiger partial charge in [-0.15, -0.1) is 0 Å². The molecule has 0 fully saturated rings. The Morgan fingerprint density at radius 2 is 2.24 bits per heavy atom. The third kappa shape index (κ3) is 4.08. The fraction of sp³-hybridized carbons (Fsp3) is 0.167. The van der Waals surface area contributed by atoms with E-state index in [1.54, 1.807) is 24.3 Å². The summed E-state index contributed by atoms with van der Waals surface area (Å²) >= 11 is 0. The molecule has 5 nitrogen and oxygen atoms in total. The first-order valence-electron chi connectivity index (χ1n) is 5.03. The van der Waals surface area contributed by atoms with E-state index in [2.05, 4.69) is 11.9 Å². The number of carbonyl (C=O) groups excluding carboxylic acids is 1. The van der Waals surface area contributed by atoms with Crippen molar-refractivity contribution in [1.29, 1.82) is 0 Å². The number of nitrogens with one attached hydrogen (secondary N) is 1. The summed E-state index contributed by atoms with van der Waals surface area (Å²) in [5, 5.41) is 11.3. The molecular weight excluding hydrogens is 220 g/mol. The molecule has 1 amide bonds. The quantitative estimate of drug-likeness (QED) is 0.656. The van der Waals surface area contributed by atoms with E-state index in [0.717, 1.165) is 11.6 Å². The first kappa shape index (κ1) is 12.9. The molecule has 0 spiro atoms. The predicted molar refractivity (Wildman–Crippen MR) is 64.6 cm³/mol. The van der Waals surface area contributed by atoms with E-state index in [4.69, 9.17) is 10.8 Å². The Hall–Kier alpha value is -2.14. The molecule has 4 N–H and O–H groups in total. The van der Waals surface area contributed by atoms with Crippen molar-refractivity contribution in [3.8, 4) is 0 Å². The molecule has 1 aromatic carbocycles. The maximum atomic E-state index is 11.1. The normalized spacial score (nSPS) is 11.6. The molecule has 0 saturated heterocycles. The van der Waals surface area contributed by atoms with Crippen LogP contribution in [0.5, 0.6) is 0 Å². The number of amides is 1. The van der Waals surface area contributed by atoms with Crippen LogP contribution < -0.4 is 11.1 Å². The molecule has 0 bridgehead atoms. The largest absolute Gasteiger partial charge is 0.480 e. The third-order valence-corrected chi connectivity index (χ3v) is 2.15. The fourth-order valence-corrected chi connectivity index (χ4v) is 1.31. The second kappa shape index (κ2) is 5.81. The number of carbonyl (C=O) groups is 2. The summed E-state index contributed by atoms with van der Waals surface area (Å²) in [6.45, 7) is 3.34. The molecule has 1 aromatic rings. The molecule has 0 aliphatic heterocycles. The van der Waals surface area contributed by atoms with Crippen molar-refractivity contribution >= 4 is 17.6 Å². The van der Waals surface area contributed by atoms with E-state index >= 15 is 0 Å². The zero-order chi connectivity index (χ0) is 12.8. The minimum absolute atomic E-state index is 0.215. The molecule has 90 valence electrons. The third-order valence-electron chi connectivity index (χ3n) is 2.15. The number of aliphatic carboxylic acids is 1. The van der Waals surface area contributed by atoms with Gasteiger partial charge in [0.05, 0.1) is 0 Å². The molecular formula is C12H14N2O3. The standard InChI is InChI=1S/C12H14N2O3/c1-2-11(15)14-9-5-3-4-8(6-9)7-10(13)12(16)17/h2-6,10H,1,7,13H2,(H,14,15)(H,16,17)/t10-/m0/s1. The van der Waals surface area contributed by atoms with E-state index in [9.17, 15) is 9.59 Å². The highest BCUT2D eigenvalue weighted by atomic mass is 16.4. The predicted octanol–water partition coefficient (Wildman–Crippen LogP) is 0.765. The lowest BCUT2D eigenvalue weighted by Crippen LogP contribution is -2.32. The lowest BCUT2D eigenvalue weighted by molar-refractivity contribution is -0.138. The van der Waals surface area contributed by atoms with Crippen LogP contribution in [0.15, 0.2) is 36.9 Å². The highest BCUT2D eigenvalue weighted by Gasteiger charge is 2.12. The Labute approximate surface area is 98.9 Å². The van der Waals surface area contributed by atoms with Gasteiger partial charge in [-0.25, -0.2) is 0 Å². The van der Waals surface area contributed by atoms with E-state index in [0.29, 0.717) is 5.69 Å². The van der Waals surface area contributed by atoms with Crippen LogP contribution in [0.25, 0.3) is 0 Å². The zero-order valence-corrected chi connectivity index (χ0v) is 9.22. The van der Waals surface area contributed by atoms with Crippen LogP contribution in [0.1, 0.15) is 5.56 Å². The number of nitrogens with two attached hydrogens (primary N) is 1. The highest BCUT2D eigenvalue weighted by molar-refractivity contribution is 5.98. The Bertz CT molecular complexity index is 443. The van der Waals surface area contributed by atoms with Crippen LogP contribution in [0.3, 0.4) is 0 Å². The minimum Gasteiger partial charge on any atom is -0.480 e. The lowest BCUT2D eigenvalue weighted by Gasteiger charge is -2.08. The molecule has 1 atom stereocenters. The molecule has 0 aliphatic rings. The van der Waals surface area contributed by atoms with Crippen molar-refractivity contribution in [1.82, 2.24) is 0 Å². The van der Waals surface area contributed by atoms with Crippen molar-refractivity contribution in [2.45, 2.75) is 12.5 Å². The number of anilines is 1. The molecule has 0 unspecified atom stereocenters. The Morgan fingerprint density at radius 3 is 2.82 bits per heavy atom. The number of carboxylic acids is 1. The molecule has 0 aliphatic carbocycles. The maximum Gasteiger partial charge on any atom is 0.320 e. The zero-order valence-electron chi connectivity index (χ0n) is 9.22. The van der Waals surface area contributed by atoms with Crippen LogP contribution in [0.4, 0.5) is 5.69 Å². The second-order valence-electron chi connectivity index (χ2n) is 3.54. The van der Waals surface area contributed by atoms with Crippen molar-refractivity contribution < 1.29 is 14.7 Å². The smallest absolute Gasteiger partial charge is 0.320 e. The molecule has 0 radical (unpaired) electrons. The Kier molecular flexibility index (Phi) is 4.42. The summed E-state index contributed by atoms with van der Waals surface area (Å²) < 4.78 is 0. The van der Waals surface area contributed by atoms with E-state index in [-0.39, 0.29) is 12.3 Å². The fourth-order valence-electron chi connectivity index (χ4n) is 1.31. The van der Waals surface area contributed by atoms with E-state index in [1.807, 2.05) is 0 Å². The van der Waals surface area contributed by atoms with Gasteiger partial charge in [0.1, 0.15) is 6.04 Å². The van der Waals surface area contributed by atoms with E-state index in [1.165, 1.54) is 0 Å². The van der Waals surface area contributed by atoms with Gasteiger partial charge in [0, 0.05) is 5.69 Å². The van der Waals surface area contributed by atoms with Gasteiger partial charge in [-0.2, -0.15) is 0 Å². The number of carboxylic acid groups (broad SMARTS) is 1. The van der Waals surface area contributed by atoms with Gasteiger partial charge in [0.2, 0.25) is 5.91 Å². The molecule has 1 rings (SSSR count). The number of rotatable bonds is 5. The first-order valence-corrected chi connectivity index (χ1v) is 5.03. The molecule has 5 heteroatoms. The average Bonchev–Trinajstić information content (AvgIpc) is 2.29. The maximum absolute atomic E-state index is 11.1. The summed E-state index contributed by atoms with van der Waals surface area (Å²) in [6.07, 6.45) is 1.38. The minimum atomic E-state index is -1.05. The summed E-state index contributed by atoms with van der Waals surface area (Å²) in [6, 6.07) is 5.93. The van der Waals surface area contributed by atoms with Crippen molar-refractivity contribution in [2.24, 2.45) is 5.73 Å². The molecule has 0 aromatic heterocycles. The van der Waals surface area contributed by atoms with Gasteiger partial charge in [0.25, 0.3) is 0 Å². The molecule has 17 heavy (non-hydrogen) atoms. The monoisotopic (exact) mass is 234 g/mol. The van der Waals surface area contributed by atoms with Gasteiger partial charge in [-0.3, -0.25) is 9.59 Å². The number of hydrogen-bond donors (Lipinski definition) is 3. The summed E-state index contributed by atoms with van der Waals surface area (Å²) in [5.74, 6) is -1.37. The second-order valence-corrected chi connectivity index (χ2v) is 3.54.